The molecular formula is C9H18O3S. The maximum absolute atomic E-state index is 11.1. The molecule has 0 aliphatic rings. The number of ether oxygens (including phenoxy) is 1. The molecule has 0 amide bonds. The molecule has 1 atom stereocenters. The van der Waals surface area contributed by atoms with Gasteiger partial charge in [-0.05, 0) is 20.8 Å². The zero-order chi connectivity index (χ0) is 10.5. The van der Waals surface area contributed by atoms with Gasteiger partial charge in [0.05, 0.1) is 6.42 Å². The van der Waals surface area contributed by atoms with E-state index in [2.05, 4.69) is 0 Å². The zero-order valence-electron chi connectivity index (χ0n) is 8.75. The number of hydrogen-bond donors (Lipinski definition) is 0. The van der Waals surface area contributed by atoms with Gasteiger partial charge in [-0.1, -0.05) is 6.92 Å². The van der Waals surface area contributed by atoms with Crippen LogP contribution < -0.4 is 0 Å². The van der Waals surface area contributed by atoms with Crippen LogP contribution in [0.4, 0.5) is 0 Å². The van der Waals surface area contributed by atoms with Gasteiger partial charge in [-0.3, -0.25) is 9.00 Å². The van der Waals surface area contributed by atoms with E-state index in [9.17, 15) is 9.00 Å². The second-order valence-electron chi connectivity index (χ2n) is 3.77. The summed E-state index contributed by atoms with van der Waals surface area (Å²) in [5.41, 5.74) is -0.440. The van der Waals surface area contributed by atoms with Gasteiger partial charge in [0.25, 0.3) is 0 Å². The van der Waals surface area contributed by atoms with Crippen LogP contribution in [0.2, 0.25) is 0 Å². The molecular weight excluding hydrogens is 188 g/mol. The first-order chi connectivity index (χ1) is 5.85. The Balaban J connectivity index is 3.71. The lowest BCUT2D eigenvalue weighted by molar-refractivity contribution is -0.154. The molecule has 0 bridgehead atoms. The minimum Gasteiger partial charge on any atom is -0.460 e. The van der Waals surface area contributed by atoms with Gasteiger partial charge in [0, 0.05) is 22.3 Å². The van der Waals surface area contributed by atoms with E-state index in [0.29, 0.717) is 11.5 Å². The van der Waals surface area contributed by atoms with E-state index < -0.39 is 16.4 Å². The first-order valence-electron chi connectivity index (χ1n) is 4.42. The van der Waals surface area contributed by atoms with Crippen LogP contribution in [0.3, 0.4) is 0 Å². The van der Waals surface area contributed by atoms with Crippen molar-refractivity contribution in [3.05, 3.63) is 0 Å². The fourth-order valence-corrected chi connectivity index (χ4v) is 1.42. The van der Waals surface area contributed by atoms with E-state index >= 15 is 0 Å². The summed E-state index contributed by atoms with van der Waals surface area (Å²) in [6.45, 7) is 7.30. The van der Waals surface area contributed by atoms with Gasteiger partial charge >= 0.3 is 5.97 Å². The Kier molecular flexibility index (Phi) is 5.21. The lowest BCUT2D eigenvalue weighted by atomic mass is 10.2. The average molecular weight is 206 g/mol. The SMILES string of the molecule is CCS(=O)CCC(=O)OC(C)(C)C. The molecule has 0 saturated heterocycles. The summed E-state index contributed by atoms with van der Waals surface area (Å²) in [7, 11) is -0.877. The van der Waals surface area contributed by atoms with E-state index in [4.69, 9.17) is 4.74 Å². The monoisotopic (exact) mass is 206 g/mol. The molecule has 1 unspecified atom stereocenters. The molecule has 0 aromatic carbocycles. The van der Waals surface area contributed by atoms with Gasteiger partial charge in [0.1, 0.15) is 5.60 Å². The molecule has 0 fully saturated rings. The van der Waals surface area contributed by atoms with Crippen LogP contribution in [0.1, 0.15) is 34.1 Å². The molecule has 78 valence electrons. The van der Waals surface area contributed by atoms with Crippen LogP contribution in [0.5, 0.6) is 0 Å². The van der Waals surface area contributed by atoms with E-state index in [1.54, 1.807) is 0 Å². The van der Waals surface area contributed by atoms with Gasteiger partial charge in [-0.2, -0.15) is 0 Å². The topological polar surface area (TPSA) is 43.4 Å². The largest absolute Gasteiger partial charge is 0.460 e. The molecule has 0 N–H and O–H groups in total. The fourth-order valence-electron chi connectivity index (χ4n) is 0.734. The maximum atomic E-state index is 11.1. The van der Waals surface area contributed by atoms with Crippen LogP contribution >= 0.6 is 0 Å². The number of hydrogen-bond acceptors (Lipinski definition) is 3. The van der Waals surface area contributed by atoms with Gasteiger partial charge in [-0.25, -0.2) is 0 Å². The molecule has 13 heavy (non-hydrogen) atoms. The third-order valence-corrected chi connectivity index (χ3v) is 2.58. The van der Waals surface area contributed by atoms with Crippen molar-refractivity contribution >= 4 is 16.8 Å². The summed E-state index contributed by atoms with van der Waals surface area (Å²) in [4.78, 5) is 11.1. The Bertz CT molecular complexity index is 194. The molecule has 0 aliphatic carbocycles. The summed E-state index contributed by atoms with van der Waals surface area (Å²) in [6.07, 6.45) is 0.248. The van der Waals surface area contributed by atoms with Gasteiger partial charge in [0.2, 0.25) is 0 Å². The second-order valence-corrected chi connectivity index (χ2v) is 5.63. The third-order valence-electron chi connectivity index (χ3n) is 1.28. The first kappa shape index (κ1) is 12.6. The predicted molar refractivity (Wildman–Crippen MR) is 54.0 cm³/mol. The molecule has 0 saturated carbocycles. The summed E-state index contributed by atoms with van der Waals surface area (Å²) in [5, 5.41) is 0. The molecule has 0 rings (SSSR count). The van der Waals surface area contributed by atoms with Crippen molar-refractivity contribution in [1.29, 1.82) is 0 Å². The van der Waals surface area contributed by atoms with Crippen molar-refractivity contribution < 1.29 is 13.7 Å². The maximum Gasteiger partial charge on any atom is 0.307 e. The summed E-state index contributed by atoms with van der Waals surface area (Å²) in [5.74, 6) is 0.739. The van der Waals surface area contributed by atoms with Crippen molar-refractivity contribution in [1.82, 2.24) is 0 Å². The standard InChI is InChI=1S/C9H18O3S/c1-5-13(11)7-6-8(10)12-9(2,3)4/h5-7H2,1-4H3. The molecule has 3 nitrogen and oxygen atoms in total. The Labute approximate surface area is 82.3 Å². The Morgan fingerprint density at radius 1 is 1.38 bits per heavy atom. The summed E-state index contributed by atoms with van der Waals surface area (Å²) in [6, 6.07) is 0. The van der Waals surface area contributed by atoms with E-state index in [-0.39, 0.29) is 12.4 Å². The Hall–Kier alpha value is -0.380. The second kappa shape index (κ2) is 5.37. The number of carbonyl (C=O) groups excluding carboxylic acids is 1. The minimum absolute atomic E-state index is 0.248. The van der Waals surface area contributed by atoms with Crippen LogP contribution in [-0.4, -0.2) is 27.3 Å². The lowest BCUT2D eigenvalue weighted by Crippen LogP contribution is -2.24. The van der Waals surface area contributed by atoms with Gasteiger partial charge in [-0.15, -0.1) is 0 Å². The Morgan fingerprint density at radius 3 is 2.31 bits per heavy atom. The van der Waals surface area contributed by atoms with Crippen LogP contribution in [0.25, 0.3) is 0 Å². The van der Waals surface area contributed by atoms with Gasteiger partial charge in [0.15, 0.2) is 0 Å². The molecule has 0 heterocycles. The molecule has 4 heteroatoms. The van der Waals surface area contributed by atoms with Crippen molar-refractivity contribution in [3.63, 3.8) is 0 Å². The summed E-state index contributed by atoms with van der Waals surface area (Å²) < 4.78 is 16.0. The Morgan fingerprint density at radius 2 is 1.92 bits per heavy atom. The lowest BCUT2D eigenvalue weighted by Gasteiger charge is -2.19. The summed E-state index contributed by atoms with van der Waals surface area (Å²) >= 11 is 0. The van der Waals surface area contributed by atoms with Crippen molar-refractivity contribution in [2.45, 2.75) is 39.7 Å². The van der Waals surface area contributed by atoms with Gasteiger partial charge < -0.3 is 4.74 Å². The molecule has 0 aromatic rings. The van der Waals surface area contributed by atoms with E-state index in [1.807, 2.05) is 27.7 Å². The highest BCUT2D eigenvalue weighted by Crippen LogP contribution is 2.08. The molecule has 0 aliphatic heterocycles. The van der Waals surface area contributed by atoms with Crippen LogP contribution in [-0.2, 0) is 20.3 Å². The van der Waals surface area contributed by atoms with Crippen molar-refractivity contribution in [3.8, 4) is 0 Å². The molecule has 0 spiro atoms. The predicted octanol–water partition coefficient (Wildman–Crippen LogP) is 1.49. The van der Waals surface area contributed by atoms with Crippen molar-refractivity contribution in [2.75, 3.05) is 11.5 Å². The number of esters is 1. The highest BCUT2D eigenvalue weighted by molar-refractivity contribution is 7.84. The fraction of sp³-hybridized carbons (Fsp3) is 0.889. The normalized spacial score (nSPS) is 13.8. The van der Waals surface area contributed by atoms with Crippen LogP contribution in [0.15, 0.2) is 0 Å². The minimum atomic E-state index is -0.877. The van der Waals surface area contributed by atoms with Crippen LogP contribution in [0, 0.1) is 0 Å². The average Bonchev–Trinajstić information content (AvgIpc) is 1.97. The van der Waals surface area contributed by atoms with Crippen molar-refractivity contribution in [2.24, 2.45) is 0 Å². The zero-order valence-corrected chi connectivity index (χ0v) is 9.57. The third kappa shape index (κ3) is 7.96. The van der Waals surface area contributed by atoms with E-state index in [1.165, 1.54) is 0 Å². The molecule has 0 radical (unpaired) electrons. The highest BCUT2D eigenvalue weighted by atomic mass is 32.2. The first-order valence-corrected chi connectivity index (χ1v) is 5.91. The highest BCUT2D eigenvalue weighted by Gasteiger charge is 2.16. The smallest absolute Gasteiger partial charge is 0.307 e. The molecule has 0 aromatic heterocycles. The van der Waals surface area contributed by atoms with E-state index in [0.717, 1.165) is 0 Å². The quantitative estimate of drug-likeness (QED) is 0.654. The number of rotatable bonds is 4. The number of carbonyl (C=O) groups is 1.